The molecule has 0 bridgehead atoms. The molecule has 22 heavy (non-hydrogen) atoms. The van der Waals surface area contributed by atoms with Crippen LogP contribution < -0.4 is 5.73 Å². The quantitative estimate of drug-likeness (QED) is 0.425. The van der Waals surface area contributed by atoms with Gasteiger partial charge < -0.3 is 5.73 Å². The molecule has 0 saturated carbocycles. The average molecular weight is 345 g/mol. The number of Topliss-reactive ketones (excluding diaryl/α,β-unsaturated/α-hetero) is 1. The molecule has 0 heterocycles. The Morgan fingerprint density at radius 2 is 1.55 bits per heavy atom. The van der Waals surface area contributed by atoms with Crippen LogP contribution >= 0.6 is 0 Å². The molecule has 0 fully saturated rings. The van der Waals surface area contributed by atoms with Crippen LogP contribution in [-0.2, 0) is 20.2 Å². The maximum atomic E-state index is 11.6. The third-order valence-electron chi connectivity index (χ3n) is 3.06. The summed E-state index contributed by atoms with van der Waals surface area (Å²) in [6.45, 7) is 1.05. The first-order valence-electron chi connectivity index (χ1n) is 5.75. The molecule has 0 atom stereocenters. The highest BCUT2D eigenvalue weighted by molar-refractivity contribution is 7.86. The van der Waals surface area contributed by atoms with Crippen LogP contribution in [-0.4, -0.2) is 31.7 Å². The van der Waals surface area contributed by atoms with E-state index in [1.165, 1.54) is 12.1 Å². The fourth-order valence-electron chi connectivity index (χ4n) is 2.19. The molecule has 0 aliphatic carbocycles. The van der Waals surface area contributed by atoms with Gasteiger partial charge in [0.15, 0.2) is 5.78 Å². The molecule has 0 amide bonds. The standard InChI is InChI=1S/C12H11NO7S2/c1-6(14)11-10(22(18,19)20)5-8-7(12(11)13)3-2-4-9(8)21(15,16)17/h2-5H,13H2,1H3,(H,15,16,17)(H,18,19,20). The smallest absolute Gasteiger partial charge is 0.295 e. The lowest BCUT2D eigenvalue weighted by molar-refractivity contribution is 0.101. The summed E-state index contributed by atoms with van der Waals surface area (Å²) in [5.41, 5.74) is 5.01. The van der Waals surface area contributed by atoms with Gasteiger partial charge >= 0.3 is 0 Å². The molecule has 0 radical (unpaired) electrons. The monoisotopic (exact) mass is 345 g/mol. The summed E-state index contributed by atoms with van der Waals surface area (Å²) in [5.74, 6) is -0.718. The molecule has 118 valence electrons. The van der Waals surface area contributed by atoms with Gasteiger partial charge in [-0.2, -0.15) is 16.8 Å². The van der Waals surface area contributed by atoms with Crippen LogP contribution in [0, 0.1) is 0 Å². The van der Waals surface area contributed by atoms with E-state index >= 15 is 0 Å². The van der Waals surface area contributed by atoms with Crippen molar-refractivity contribution in [2.24, 2.45) is 0 Å². The van der Waals surface area contributed by atoms with Crippen molar-refractivity contribution in [1.29, 1.82) is 0 Å². The van der Waals surface area contributed by atoms with E-state index in [1.54, 1.807) is 0 Å². The SMILES string of the molecule is CC(=O)c1c(S(=O)(=O)O)cc2c(S(=O)(=O)O)cccc2c1N. The fraction of sp³-hybridized carbons (Fsp3) is 0.0833. The van der Waals surface area contributed by atoms with E-state index in [0.29, 0.717) is 0 Å². The third kappa shape index (κ3) is 2.68. The van der Waals surface area contributed by atoms with Crippen molar-refractivity contribution in [1.82, 2.24) is 0 Å². The van der Waals surface area contributed by atoms with Gasteiger partial charge in [-0.1, -0.05) is 12.1 Å². The minimum absolute atomic E-state index is 0.0627. The molecule has 8 nitrogen and oxygen atoms in total. The van der Waals surface area contributed by atoms with Crippen LogP contribution in [0.5, 0.6) is 0 Å². The Bertz CT molecular complexity index is 1010. The molecule has 2 rings (SSSR count). The second-order valence-electron chi connectivity index (χ2n) is 4.52. The van der Waals surface area contributed by atoms with Crippen LogP contribution in [0.4, 0.5) is 5.69 Å². The van der Waals surface area contributed by atoms with Gasteiger partial charge in [0.05, 0.1) is 11.3 Å². The van der Waals surface area contributed by atoms with Crippen molar-refractivity contribution in [2.75, 3.05) is 5.73 Å². The molecule has 0 aliphatic heterocycles. The Kier molecular flexibility index (Phi) is 3.73. The number of carbonyl (C=O) groups is 1. The minimum Gasteiger partial charge on any atom is -0.398 e. The average Bonchev–Trinajstić information content (AvgIpc) is 2.35. The van der Waals surface area contributed by atoms with Gasteiger partial charge in [0, 0.05) is 10.8 Å². The number of benzene rings is 2. The maximum absolute atomic E-state index is 11.6. The first-order valence-corrected chi connectivity index (χ1v) is 8.63. The first-order chi connectivity index (χ1) is 9.94. The lowest BCUT2D eigenvalue weighted by Crippen LogP contribution is -2.11. The van der Waals surface area contributed by atoms with Gasteiger partial charge in [-0.3, -0.25) is 13.9 Å². The summed E-state index contributed by atoms with van der Waals surface area (Å²) < 4.78 is 64.1. The lowest BCUT2D eigenvalue weighted by Gasteiger charge is -2.13. The predicted molar refractivity (Wildman–Crippen MR) is 78.0 cm³/mol. The molecule has 0 aliphatic rings. The molecule has 0 spiro atoms. The number of fused-ring (bicyclic) bond motifs is 1. The van der Waals surface area contributed by atoms with E-state index in [2.05, 4.69) is 0 Å². The number of hydrogen-bond donors (Lipinski definition) is 3. The molecular weight excluding hydrogens is 334 g/mol. The van der Waals surface area contributed by atoms with E-state index in [-0.39, 0.29) is 16.5 Å². The number of rotatable bonds is 3. The summed E-state index contributed by atoms with van der Waals surface area (Å²) in [6.07, 6.45) is 0. The molecule has 0 saturated heterocycles. The Balaban J connectivity index is 3.16. The zero-order valence-electron chi connectivity index (χ0n) is 11.1. The van der Waals surface area contributed by atoms with E-state index in [1.807, 2.05) is 0 Å². The Morgan fingerprint density at radius 3 is 2.00 bits per heavy atom. The summed E-state index contributed by atoms with van der Waals surface area (Å²) in [5, 5.41) is -0.159. The van der Waals surface area contributed by atoms with Gasteiger partial charge in [0.2, 0.25) is 0 Å². The first kappa shape index (κ1) is 16.4. The van der Waals surface area contributed by atoms with E-state index in [0.717, 1.165) is 19.1 Å². The van der Waals surface area contributed by atoms with Crippen LogP contribution in [0.2, 0.25) is 0 Å². The highest BCUT2D eigenvalue weighted by Crippen LogP contribution is 2.34. The minimum atomic E-state index is -4.83. The third-order valence-corrected chi connectivity index (χ3v) is 4.84. The Morgan fingerprint density at radius 1 is 1.00 bits per heavy atom. The van der Waals surface area contributed by atoms with Crippen molar-refractivity contribution >= 4 is 42.5 Å². The zero-order valence-corrected chi connectivity index (χ0v) is 12.8. The maximum Gasteiger partial charge on any atom is 0.295 e. The number of nitrogen functional groups attached to an aromatic ring is 1. The van der Waals surface area contributed by atoms with Crippen LogP contribution in [0.15, 0.2) is 34.1 Å². The summed E-state index contributed by atoms with van der Waals surface area (Å²) in [7, 11) is -9.49. The van der Waals surface area contributed by atoms with Crippen molar-refractivity contribution in [3.8, 4) is 0 Å². The largest absolute Gasteiger partial charge is 0.398 e. The van der Waals surface area contributed by atoms with E-state index in [4.69, 9.17) is 5.73 Å². The highest BCUT2D eigenvalue weighted by Gasteiger charge is 2.25. The Hall–Kier alpha value is -2.01. The van der Waals surface area contributed by atoms with Crippen LogP contribution in [0.3, 0.4) is 0 Å². The Labute approximate surface area is 126 Å². The molecule has 2 aromatic rings. The van der Waals surface area contributed by atoms with Crippen molar-refractivity contribution in [2.45, 2.75) is 16.7 Å². The van der Waals surface area contributed by atoms with Crippen molar-refractivity contribution in [3.63, 3.8) is 0 Å². The van der Waals surface area contributed by atoms with E-state index in [9.17, 15) is 30.7 Å². The summed E-state index contributed by atoms with van der Waals surface area (Å²) in [4.78, 5) is 10.2. The highest BCUT2D eigenvalue weighted by atomic mass is 32.2. The molecule has 0 aromatic heterocycles. The number of carbonyl (C=O) groups excluding carboxylic acids is 1. The molecular formula is C12H11NO7S2. The predicted octanol–water partition coefficient (Wildman–Crippen LogP) is 1.12. The fourth-order valence-corrected chi connectivity index (χ4v) is 3.67. The molecule has 10 heteroatoms. The molecule has 0 unspecified atom stereocenters. The molecule has 2 aromatic carbocycles. The van der Waals surface area contributed by atoms with Crippen LogP contribution in [0.25, 0.3) is 10.8 Å². The number of ketones is 1. The van der Waals surface area contributed by atoms with Crippen molar-refractivity contribution < 1.29 is 30.7 Å². The summed E-state index contributed by atoms with van der Waals surface area (Å²) >= 11 is 0. The topological polar surface area (TPSA) is 152 Å². The van der Waals surface area contributed by atoms with Crippen molar-refractivity contribution in [3.05, 3.63) is 29.8 Å². The van der Waals surface area contributed by atoms with Gasteiger partial charge in [-0.15, -0.1) is 0 Å². The zero-order chi connectivity index (χ0) is 16.9. The number of nitrogens with two attached hydrogens (primary N) is 1. The molecule has 4 N–H and O–H groups in total. The number of hydrogen-bond acceptors (Lipinski definition) is 6. The second-order valence-corrected chi connectivity index (χ2v) is 7.30. The van der Waals surface area contributed by atoms with E-state index < -0.39 is 41.4 Å². The summed E-state index contributed by atoms with van der Waals surface area (Å²) in [6, 6.07) is 4.47. The van der Waals surface area contributed by atoms with Gasteiger partial charge in [0.25, 0.3) is 20.2 Å². The van der Waals surface area contributed by atoms with Gasteiger partial charge in [-0.25, -0.2) is 0 Å². The number of anilines is 1. The lowest BCUT2D eigenvalue weighted by atomic mass is 10.0. The van der Waals surface area contributed by atoms with Gasteiger partial charge in [0.1, 0.15) is 9.79 Å². The second kappa shape index (κ2) is 5.02. The normalized spacial score (nSPS) is 12.5. The van der Waals surface area contributed by atoms with Crippen LogP contribution in [0.1, 0.15) is 17.3 Å². The van der Waals surface area contributed by atoms with Gasteiger partial charge in [-0.05, 0) is 19.1 Å².